The summed E-state index contributed by atoms with van der Waals surface area (Å²) in [5, 5.41) is 4.10. The van der Waals surface area contributed by atoms with E-state index in [0.29, 0.717) is 11.6 Å². The first-order chi connectivity index (χ1) is 12.1. The highest BCUT2D eigenvalue weighted by Gasteiger charge is 2.46. The van der Waals surface area contributed by atoms with Crippen LogP contribution < -0.4 is 0 Å². The second-order valence-electron chi connectivity index (χ2n) is 7.19. The maximum Gasteiger partial charge on any atom is 0.274 e. The van der Waals surface area contributed by atoms with E-state index in [0.717, 1.165) is 44.7 Å². The highest BCUT2D eigenvalue weighted by Crippen LogP contribution is 2.47. The summed E-state index contributed by atoms with van der Waals surface area (Å²) < 4.78 is 5.14. The molecule has 2 aliphatic rings. The van der Waals surface area contributed by atoms with Crippen LogP contribution in [0, 0.1) is 12.3 Å². The van der Waals surface area contributed by atoms with Crippen LogP contribution in [0.3, 0.4) is 0 Å². The molecule has 1 atom stereocenters. The van der Waals surface area contributed by atoms with Gasteiger partial charge in [0.2, 0.25) is 5.89 Å². The molecule has 1 unspecified atom stereocenters. The lowest BCUT2D eigenvalue weighted by Crippen LogP contribution is -2.44. The van der Waals surface area contributed by atoms with E-state index >= 15 is 0 Å². The molecular formula is C17H22N6O2. The van der Waals surface area contributed by atoms with Crippen LogP contribution >= 0.6 is 0 Å². The maximum atomic E-state index is 12.5. The molecule has 2 aromatic heterocycles. The van der Waals surface area contributed by atoms with E-state index in [4.69, 9.17) is 4.52 Å². The van der Waals surface area contributed by atoms with Crippen molar-refractivity contribution in [3.63, 3.8) is 0 Å². The van der Waals surface area contributed by atoms with Crippen molar-refractivity contribution in [2.75, 3.05) is 26.7 Å². The summed E-state index contributed by atoms with van der Waals surface area (Å²) in [6, 6.07) is 0.194. The summed E-state index contributed by atoms with van der Waals surface area (Å²) in [5.41, 5.74) is 0.634. The number of likely N-dealkylation sites (tertiary alicyclic amines) is 2. The molecule has 0 aromatic carbocycles. The van der Waals surface area contributed by atoms with E-state index in [-0.39, 0.29) is 17.4 Å². The molecule has 4 heterocycles. The van der Waals surface area contributed by atoms with Crippen LogP contribution in [0.5, 0.6) is 0 Å². The molecule has 132 valence electrons. The first-order valence-corrected chi connectivity index (χ1v) is 8.62. The smallest absolute Gasteiger partial charge is 0.274 e. The molecule has 2 aromatic rings. The summed E-state index contributed by atoms with van der Waals surface area (Å²) in [5.74, 6) is 1.35. The van der Waals surface area contributed by atoms with Crippen molar-refractivity contribution in [3.05, 3.63) is 36.0 Å². The average Bonchev–Trinajstić information content (AvgIpc) is 3.19. The Bertz CT molecular complexity index is 754. The number of aryl methyl sites for hydroxylation is 1. The third-order valence-electron chi connectivity index (χ3n) is 5.48. The van der Waals surface area contributed by atoms with Crippen LogP contribution in [-0.4, -0.2) is 62.5 Å². The van der Waals surface area contributed by atoms with E-state index in [1.807, 2.05) is 11.8 Å². The fraction of sp³-hybridized carbons (Fsp3) is 0.588. The highest BCUT2D eigenvalue weighted by atomic mass is 16.5. The Kier molecular flexibility index (Phi) is 3.99. The molecule has 2 fully saturated rings. The van der Waals surface area contributed by atoms with E-state index in [1.165, 1.54) is 6.20 Å². The van der Waals surface area contributed by atoms with Crippen LogP contribution in [0.1, 0.15) is 47.5 Å². The van der Waals surface area contributed by atoms with E-state index in [1.54, 1.807) is 12.4 Å². The van der Waals surface area contributed by atoms with E-state index < -0.39 is 0 Å². The first kappa shape index (κ1) is 16.1. The predicted octanol–water partition coefficient (Wildman–Crippen LogP) is 1.47. The molecule has 8 heteroatoms. The summed E-state index contributed by atoms with van der Waals surface area (Å²) in [6.07, 6.45) is 7.64. The molecule has 0 saturated carbocycles. The molecule has 0 aliphatic carbocycles. The molecular weight excluding hydrogens is 320 g/mol. The van der Waals surface area contributed by atoms with Gasteiger partial charge in [0.05, 0.1) is 12.2 Å². The van der Waals surface area contributed by atoms with Gasteiger partial charge in [-0.15, -0.1) is 0 Å². The van der Waals surface area contributed by atoms with Crippen LogP contribution in [0.25, 0.3) is 0 Å². The minimum atomic E-state index is -0.0281. The fourth-order valence-electron chi connectivity index (χ4n) is 4.13. The second kappa shape index (κ2) is 6.18. The lowest BCUT2D eigenvalue weighted by molar-refractivity contribution is 0.0587. The molecule has 4 rings (SSSR count). The number of aromatic nitrogens is 4. The topological polar surface area (TPSA) is 88.3 Å². The Labute approximate surface area is 146 Å². The minimum Gasteiger partial charge on any atom is -0.340 e. The Morgan fingerprint density at radius 2 is 2.12 bits per heavy atom. The van der Waals surface area contributed by atoms with Gasteiger partial charge in [0, 0.05) is 39.0 Å². The van der Waals surface area contributed by atoms with Gasteiger partial charge in [0.1, 0.15) is 5.69 Å². The minimum absolute atomic E-state index is 0.0281. The summed E-state index contributed by atoms with van der Waals surface area (Å²) in [6.45, 7) is 4.32. The standard InChI is InChI=1S/C17H22N6O2/c1-12-20-15(21-25-12)14-9-17(11-22(14)2)3-7-23(8-4-17)16(24)13-10-18-5-6-19-13/h5-6,10,14H,3-4,7-9,11H2,1-2H3. The number of carbonyl (C=O) groups is 1. The van der Waals surface area contributed by atoms with Crippen LogP contribution in [0.4, 0.5) is 0 Å². The lowest BCUT2D eigenvalue weighted by atomic mass is 9.76. The normalized spacial score (nSPS) is 23.3. The van der Waals surface area contributed by atoms with Gasteiger partial charge in [-0.05, 0) is 31.7 Å². The highest BCUT2D eigenvalue weighted by molar-refractivity contribution is 5.92. The zero-order chi connectivity index (χ0) is 17.4. The van der Waals surface area contributed by atoms with E-state index in [2.05, 4.69) is 32.1 Å². The average molecular weight is 342 g/mol. The third-order valence-corrected chi connectivity index (χ3v) is 5.48. The number of hydrogen-bond acceptors (Lipinski definition) is 7. The number of nitrogens with zero attached hydrogens (tertiary/aromatic N) is 6. The van der Waals surface area contributed by atoms with Gasteiger partial charge in [-0.2, -0.15) is 4.98 Å². The van der Waals surface area contributed by atoms with Crippen molar-refractivity contribution in [3.8, 4) is 0 Å². The van der Waals surface area contributed by atoms with Crippen molar-refractivity contribution in [1.82, 2.24) is 29.9 Å². The van der Waals surface area contributed by atoms with E-state index in [9.17, 15) is 4.79 Å². The van der Waals surface area contributed by atoms with Crippen molar-refractivity contribution in [1.29, 1.82) is 0 Å². The summed E-state index contributed by atoms with van der Waals surface area (Å²) in [4.78, 5) is 29.2. The van der Waals surface area contributed by atoms with Gasteiger partial charge in [0.15, 0.2) is 5.82 Å². The Morgan fingerprint density at radius 1 is 1.32 bits per heavy atom. The monoisotopic (exact) mass is 342 g/mol. The Morgan fingerprint density at radius 3 is 2.76 bits per heavy atom. The molecule has 1 amide bonds. The molecule has 0 radical (unpaired) electrons. The third kappa shape index (κ3) is 3.02. The zero-order valence-corrected chi connectivity index (χ0v) is 14.6. The zero-order valence-electron chi connectivity index (χ0n) is 14.6. The number of carbonyl (C=O) groups excluding carboxylic acids is 1. The van der Waals surface area contributed by atoms with Gasteiger partial charge in [-0.1, -0.05) is 5.16 Å². The molecule has 2 saturated heterocycles. The number of rotatable bonds is 2. The first-order valence-electron chi connectivity index (χ1n) is 8.62. The quantitative estimate of drug-likeness (QED) is 0.816. The Balaban J connectivity index is 1.42. The molecule has 0 N–H and O–H groups in total. The molecule has 8 nitrogen and oxygen atoms in total. The Hall–Kier alpha value is -2.35. The molecule has 0 bridgehead atoms. The number of amides is 1. The SMILES string of the molecule is Cc1nc(C2CC3(CCN(C(=O)c4cnccn4)CC3)CN2C)no1. The van der Waals surface area contributed by atoms with Crippen molar-refractivity contribution < 1.29 is 9.32 Å². The predicted molar refractivity (Wildman–Crippen MR) is 88.6 cm³/mol. The summed E-state index contributed by atoms with van der Waals surface area (Å²) in [7, 11) is 2.11. The van der Waals surface area contributed by atoms with Crippen molar-refractivity contribution >= 4 is 5.91 Å². The molecule has 2 aliphatic heterocycles. The van der Waals surface area contributed by atoms with Gasteiger partial charge in [-0.25, -0.2) is 4.98 Å². The number of piperidine rings is 1. The summed E-state index contributed by atoms with van der Waals surface area (Å²) >= 11 is 0. The molecule has 1 spiro atoms. The van der Waals surface area contributed by atoms with Gasteiger partial charge < -0.3 is 9.42 Å². The maximum absolute atomic E-state index is 12.5. The second-order valence-corrected chi connectivity index (χ2v) is 7.19. The largest absolute Gasteiger partial charge is 0.340 e. The van der Waals surface area contributed by atoms with Crippen molar-refractivity contribution in [2.45, 2.75) is 32.2 Å². The fourth-order valence-corrected chi connectivity index (χ4v) is 4.13. The lowest BCUT2D eigenvalue weighted by Gasteiger charge is -2.39. The van der Waals surface area contributed by atoms with Crippen LogP contribution in [0.2, 0.25) is 0 Å². The van der Waals surface area contributed by atoms with Gasteiger partial charge in [-0.3, -0.25) is 14.7 Å². The van der Waals surface area contributed by atoms with Gasteiger partial charge in [0.25, 0.3) is 5.91 Å². The molecule has 25 heavy (non-hydrogen) atoms. The van der Waals surface area contributed by atoms with Crippen LogP contribution in [0.15, 0.2) is 23.1 Å². The van der Waals surface area contributed by atoms with Crippen molar-refractivity contribution in [2.24, 2.45) is 5.41 Å². The van der Waals surface area contributed by atoms with Gasteiger partial charge >= 0.3 is 0 Å². The number of hydrogen-bond donors (Lipinski definition) is 0. The van der Waals surface area contributed by atoms with Crippen LogP contribution in [-0.2, 0) is 0 Å².